The first-order valence-corrected chi connectivity index (χ1v) is 7.66. The van der Waals surface area contributed by atoms with Crippen LogP contribution in [-0.2, 0) is 6.54 Å². The van der Waals surface area contributed by atoms with E-state index in [1.165, 1.54) is 37.8 Å². The van der Waals surface area contributed by atoms with Gasteiger partial charge in [0.1, 0.15) is 0 Å². The fraction of sp³-hybridized carbons (Fsp3) is 0.625. The Labute approximate surface area is 120 Å². The zero-order valence-corrected chi connectivity index (χ0v) is 12.2. The molecule has 0 aromatic heterocycles. The number of nitrogens with one attached hydrogen (secondary N) is 2. The van der Waals surface area contributed by atoms with Crippen LogP contribution in [0.3, 0.4) is 0 Å². The average Bonchev–Trinajstić information content (AvgIpc) is 2.93. The predicted octanol–water partition coefficient (Wildman–Crippen LogP) is 2.43. The Morgan fingerprint density at radius 1 is 1.30 bits per heavy atom. The van der Waals surface area contributed by atoms with Crippen molar-refractivity contribution in [3.63, 3.8) is 0 Å². The molecule has 3 rings (SSSR count). The van der Waals surface area contributed by atoms with E-state index in [1.54, 1.807) is 0 Å². The monoisotopic (exact) mass is 276 g/mol. The van der Waals surface area contributed by atoms with Crippen LogP contribution in [0.2, 0.25) is 0 Å². The van der Waals surface area contributed by atoms with E-state index in [-0.39, 0.29) is 0 Å². The van der Waals surface area contributed by atoms with Crippen molar-refractivity contribution in [2.24, 2.45) is 0 Å². The number of hydrogen-bond donors (Lipinski definition) is 2. The molecule has 2 N–H and O–H groups in total. The molecule has 1 fully saturated rings. The van der Waals surface area contributed by atoms with Gasteiger partial charge < -0.3 is 20.1 Å². The zero-order chi connectivity index (χ0) is 13.8. The van der Waals surface area contributed by atoms with Crippen LogP contribution >= 0.6 is 0 Å². The van der Waals surface area contributed by atoms with Gasteiger partial charge in [-0.05, 0) is 50.4 Å². The second-order valence-corrected chi connectivity index (χ2v) is 5.85. The molecule has 1 aromatic carbocycles. The van der Waals surface area contributed by atoms with Gasteiger partial charge in [-0.25, -0.2) is 0 Å². The summed E-state index contributed by atoms with van der Waals surface area (Å²) in [5.41, 5.74) is 1.25. The second kappa shape index (κ2) is 6.46. The summed E-state index contributed by atoms with van der Waals surface area (Å²) in [7, 11) is 0. The highest BCUT2D eigenvalue weighted by Gasteiger charge is 2.16. The molecule has 2 heterocycles. The van der Waals surface area contributed by atoms with Crippen LogP contribution in [0.25, 0.3) is 0 Å². The highest BCUT2D eigenvalue weighted by atomic mass is 16.7. The largest absolute Gasteiger partial charge is 0.454 e. The number of piperidine rings is 1. The third-order valence-electron chi connectivity index (χ3n) is 4.14. The van der Waals surface area contributed by atoms with Gasteiger partial charge in [0.15, 0.2) is 11.5 Å². The summed E-state index contributed by atoms with van der Waals surface area (Å²) in [6.07, 6.45) is 5.21. The Morgan fingerprint density at radius 3 is 3.05 bits per heavy atom. The molecular weight excluding hydrogens is 252 g/mol. The van der Waals surface area contributed by atoms with Crippen molar-refractivity contribution < 1.29 is 9.47 Å². The molecule has 0 spiro atoms. The topological polar surface area (TPSA) is 42.5 Å². The third-order valence-corrected chi connectivity index (χ3v) is 4.14. The van der Waals surface area contributed by atoms with E-state index in [0.29, 0.717) is 18.9 Å². The van der Waals surface area contributed by atoms with E-state index in [2.05, 4.69) is 29.7 Å². The van der Waals surface area contributed by atoms with Crippen LogP contribution < -0.4 is 20.1 Å². The first kappa shape index (κ1) is 13.7. The summed E-state index contributed by atoms with van der Waals surface area (Å²) in [5.74, 6) is 1.72. The van der Waals surface area contributed by atoms with E-state index < -0.39 is 0 Å². The number of ether oxygens (including phenoxy) is 2. The maximum atomic E-state index is 5.41. The quantitative estimate of drug-likeness (QED) is 0.867. The van der Waals surface area contributed by atoms with Gasteiger partial charge in [-0.1, -0.05) is 12.5 Å². The molecular formula is C16H24N2O2. The molecule has 0 radical (unpaired) electrons. The van der Waals surface area contributed by atoms with Crippen LogP contribution in [0.5, 0.6) is 11.5 Å². The van der Waals surface area contributed by atoms with Crippen LogP contribution in [0.15, 0.2) is 18.2 Å². The van der Waals surface area contributed by atoms with Gasteiger partial charge in [-0.2, -0.15) is 0 Å². The molecule has 0 saturated carbocycles. The number of fused-ring (bicyclic) bond motifs is 1. The van der Waals surface area contributed by atoms with Crippen molar-refractivity contribution in [2.45, 2.75) is 51.2 Å². The molecule has 4 nitrogen and oxygen atoms in total. The Morgan fingerprint density at radius 2 is 2.20 bits per heavy atom. The SMILES string of the molecule is CC(CC1CCCCN1)NCc1ccc2c(c1)OCO2. The minimum Gasteiger partial charge on any atom is -0.454 e. The highest BCUT2D eigenvalue weighted by molar-refractivity contribution is 5.44. The summed E-state index contributed by atoms with van der Waals surface area (Å²) in [4.78, 5) is 0. The van der Waals surface area contributed by atoms with Gasteiger partial charge in [0.2, 0.25) is 6.79 Å². The molecule has 2 aliphatic rings. The number of rotatable bonds is 5. The molecule has 2 aliphatic heterocycles. The molecule has 1 saturated heterocycles. The standard InChI is InChI=1S/C16H24N2O2/c1-12(8-14-4-2-3-7-17-14)18-10-13-5-6-15-16(9-13)20-11-19-15/h5-6,9,12,14,17-18H,2-4,7-8,10-11H2,1H3. The van der Waals surface area contributed by atoms with Crippen LogP contribution in [0.1, 0.15) is 38.2 Å². The van der Waals surface area contributed by atoms with E-state index in [1.807, 2.05) is 6.07 Å². The summed E-state index contributed by atoms with van der Waals surface area (Å²) in [6, 6.07) is 7.37. The molecule has 0 amide bonds. The lowest BCUT2D eigenvalue weighted by molar-refractivity contribution is 0.174. The summed E-state index contributed by atoms with van der Waals surface area (Å²) in [5, 5.41) is 7.21. The predicted molar refractivity (Wildman–Crippen MR) is 79.1 cm³/mol. The Bertz CT molecular complexity index is 444. The van der Waals surface area contributed by atoms with Crippen molar-refractivity contribution in [2.75, 3.05) is 13.3 Å². The lowest BCUT2D eigenvalue weighted by Gasteiger charge is -2.26. The van der Waals surface area contributed by atoms with Gasteiger partial charge in [-0.15, -0.1) is 0 Å². The first-order chi connectivity index (χ1) is 9.81. The molecule has 0 aliphatic carbocycles. The van der Waals surface area contributed by atoms with Crippen molar-refractivity contribution in [3.05, 3.63) is 23.8 Å². The Hall–Kier alpha value is -1.26. The Balaban J connectivity index is 1.46. The molecule has 2 atom stereocenters. The molecule has 1 aromatic rings. The van der Waals surface area contributed by atoms with Gasteiger partial charge in [0, 0.05) is 18.6 Å². The molecule has 4 heteroatoms. The fourth-order valence-electron chi connectivity index (χ4n) is 2.98. The van der Waals surface area contributed by atoms with Crippen molar-refractivity contribution in [1.82, 2.24) is 10.6 Å². The van der Waals surface area contributed by atoms with E-state index in [4.69, 9.17) is 9.47 Å². The first-order valence-electron chi connectivity index (χ1n) is 7.66. The normalized spacial score (nSPS) is 22.8. The van der Waals surface area contributed by atoms with Gasteiger partial charge in [-0.3, -0.25) is 0 Å². The van der Waals surface area contributed by atoms with E-state index >= 15 is 0 Å². The lowest BCUT2D eigenvalue weighted by Crippen LogP contribution is -2.39. The smallest absolute Gasteiger partial charge is 0.231 e. The minimum atomic E-state index is 0.343. The molecule has 0 bridgehead atoms. The summed E-state index contributed by atoms with van der Waals surface area (Å²) >= 11 is 0. The van der Waals surface area contributed by atoms with E-state index in [0.717, 1.165) is 18.0 Å². The van der Waals surface area contributed by atoms with Crippen molar-refractivity contribution >= 4 is 0 Å². The summed E-state index contributed by atoms with van der Waals surface area (Å²) in [6.45, 7) is 4.67. The van der Waals surface area contributed by atoms with Crippen LogP contribution in [0.4, 0.5) is 0 Å². The second-order valence-electron chi connectivity index (χ2n) is 5.85. The van der Waals surface area contributed by atoms with Gasteiger partial charge in [0.05, 0.1) is 0 Å². The molecule has 110 valence electrons. The zero-order valence-electron chi connectivity index (χ0n) is 12.2. The van der Waals surface area contributed by atoms with Gasteiger partial charge in [0.25, 0.3) is 0 Å². The maximum Gasteiger partial charge on any atom is 0.231 e. The highest BCUT2D eigenvalue weighted by Crippen LogP contribution is 2.32. The lowest BCUT2D eigenvalue weighted by atomic mass is 9.98. The third kappa shape index (κ3) is 3.44. The molecule has 2 unspecified atom stereocenters. The summed E-state index contributed by atoms with van der Waals surface area (Å²) < 4.78 is 10.7. The van der Waals surface area contributed by atoms with Gasteiger partial charge >= 0.3 is 0 Å². The van der Waals surface area contributed by atoms with E-state index in [9.17, 15) is 0 Å². The van der Waals surface area contributed by atoms with Crippen molar-refractivity contribution in [1.29, 1.82) is 0 Å². The number of benzene rings is 1. The van der Waals surface area contributed by atoms with Crippen LogP contribution in [0, 0.1) is 0 Å². The van der Waals surface area contributed by atoms with Crippen molar-refractivity contribution in [3.8, 4) is 11.5 Å². The van der Waals surface area contributed by atoms with Crippen LogP contribution in [-0.4, -0.2) is 25.4 Å². The average molecular weight is 276 g/mol. The Kier molecular flexibility index (Phi) is 4.43. The maximum absolute atomic E-state index is 5.41. The molecule has 20 heavy (non-hydrogen) atoms. The number of hydrogen-bond acceptors (Lipinski definition) is 4. The fourth-order valence-corrected chi connectivity index (χ4v) is 2.98. The minimum absolute atomic E-state index is 0.343.